The number of nitrogens with one attached hydrogen (secondary N) is 2. The van der Waals surface area contributed by atoms with Crippen LogP contribution in [-0.2, 0) is 6.18 Å². The van der Waals surface area contributed by atoms with E-state index in [1.54, 1.807) is 12.1 Å². The summed E-state index contributed by atoms with van der Waals surface area (Å²) in [6.45, 7) is 4.91. The predicted octanol–water partition coefficient (Wildman–Crippen LogP) is 4.10. The molecule has 1 aliphatic rings. The second-order valence-corrected chi connectivity index (χ2v) is 5.90. The molecule has 118 valence electrons. The molecule has 0 spiro atoms. The molecule has 0 radical (unpaired) electrons. The van der Waals surface area contributed by atoms with Gasteiger partial charge in [-0.3, -0.25) is 4.79 Å². The molecular weight excluding hydrogens is 293 g/mol. The molecule has 22 heavy (non-hydrogen) atoms. The number of anilines is 1. The Morgan fingerprint density at radius 2 is 2.00 bits per heavy atom. The Labute approximate surface area is 125 Å². The molecule has 1 aliphatic heterocycles. The van der Waals surface area contributed by atoms with Crippen LogP contribution in [0.1, 0.15) is 37.3 Å². The average molecular weight is 310 g/mol. The van der Waals surface area contributed by atoms with Crippen molar-refractivity contribution in [2.75, 3.05) is 11.9 Å². The number of hydrogen-bond acceptors (Lipinski definition) is 2. The van der Waals surface area contributed by atoms with Gasteiger partial charge in [-0.2, -0.15) is 13.2 Å². The Bertz CT molecular complexity index is 779. The van der Waals surface area contributed by atoms with Crippen molar-refractivity contribution in [3.05, 3.63) is 39.7 Å². The van der Waals surface area contributed by atoms with E-state index in [4.69, 9.17) is 0 Å². The van der Waals surface area contributed by atoms with Crippen molar-refractivity contribution in [1.82, 2.24) is 4.98 Å². The summed E-state index contributed by atoms with van der Waals surface area (Å²) in [5.41, 5.74) is 0.312. The van der Waals surface area contributed by atoms with Crippen molar-refractivity contribution in [3.63, 3.8) is 0 Å². The fourth-order valence-electron chi connectivity index (χ4n) is 3.36. The average Bonchev–Trinajstić information content (AvgIpc) is 2.43. The Hall–Kier alpha value is -1.98. The molecule has 0 amide bonds. The first-order valence-corrected chi connectivity index (χ1v) is 7.33. The van der Waals surface area contributed by atoms with Crippen LogP contribution in [0.15, 0.2) is 23.0 Å². The summed E-state index contributed by atoms with van der Waals surface area (Å²) < 4.78 is 39.7. The number of aromatic amines is 1. The van der Waals surface area contributed by atoms with Gasteiger partial charge in [-0.15, -0.1) is 0 Å². The highest BCUT2D eigenvalue weighted by Gasteiger charge is 2.34. The standard InChI is InChI=1S/C16H17F3N2O/c1-3-9-8(2)7-20-13-6-14-11(4-10(9)13)12(16(17,18)19)5-15(22)21-14/h4-6,8-9,20H,3,7H2,1-2H3,(H,21,22)/t8-,9+/m1/s1. The maximum Gasteiger partial charge on any atom is 0.417 e. The number of hydrogen-bond donors (Lipinski definition) is 2. The summed E-state index contributed by atoms with van der Waals surface area (Å²) >= 11 is 0. The number of pyridine rings is 1. The molecule has 0 bridgehead atoms. The molecule has 3 nitrogen and oxygen atoms in total. The first kappa shape index (κ1) is 14.9. The Morgan fingerprint density at radius 1 is 1.27 bits per heavy atom. The van der Waals surface area contributed by atoms with E-state index in [0.29, 0.717) is 12.0 Å². The fraction of sp³-hybridized carbons (Fsp3) is 0.438. The third kappa shape index (κ3) is 2.36. The van der Waals surface area contributed by atoms with Gasteiger partial charge in [0.1, 0.15) is 0 Å². The van der Waals surface area contributed by atoms with Gasteiger partial charge in [-0.25, -0.2) is 0 Å². The van der Waals surface area contributed by atoms with Crippen LogP contribution in [0.3, 0.4) is 0 Å². The maximum atomic E-state index is 13.2. The van der Waals surface area contributed by atoms with Gasteiger partial charge in [-0.1, -0.05) is 13.8 Å². The van der Waals surface area contributed by atoms with Crippen LogP contribution in [-0.4, -0.2) is 11.5 Å². The molecule has 6 heteroatoms. The van der Waals surface area contributed by atoms with Gasteiger partial charge < -0.3 is 10.3 Å². The van der Waals surface area contributed by atoms with Crippen molar-refractivity contribution < 1.29 is 13.2 Å². The molecular formula is C16H17F3N2O. The van der Waals surface area contributed by atoms with Crippen LogP contribution in [0, 0.1) is 5.92 Å². The normalized spacial score (nSPS) is 21.5. The minimum absolute atomic E-state index is 0.0557. The lowest BCUT2D eigenvalue weighted by Gasteiger charge is -2.32. The molecule has 1 aromatic carbocycles. The lowest BCUT2D eigenvalue weighted by atomic mass is 9.80. The summed E-state index contributed by atoms with van der Waals surface area (Å²) in [5, 5.41) is 3.30. The first-order valence-electron chi connectivity index (χ1n) is 7.33. The number of H-pyrrole nitrogens is 1. The van der Waals surface area contributed by atoms with E-state index in [-0.39, 0.29) is 16.8 Å². The number of alkyl halides is 3. The van der Waals surface area contributed by atoms with Crippen LogP contribution in [0.25, 0.3) is 10.9 Å². The Balaban J connectivity index is 2.32. The molecule has 0 saturated carbocycles. The predicted molar refractivity (Wildman–Crippen MR) is 80.3 cm³/mol. The van der Waals surface area contributed by atoms with E-state index in [9.17, 15) is 18.0 Å². The second kappa shape index (κ2) is 5.04. The summed E-state index contributed by atoms with van der Waals surface area (Å²) in [5.74, 6) is 0.570. The third-order valence-electron chi connectivity index (χ3n) is 4.46. The number of halogens is 3. The van der Waals surface area contributed by atoms with Crippen molar-refractivity contribution in [1.29, 1.82) is 0 Å². The third-order valence-corrected chi connectivity index (χ3v) is 4.46. The molecule has 3 rings (SSSR count). The van der Waals surface area contributed by atoms with Gasteiger partial charge in [0.25, 0.3) is 0 Å². The SMILES string of the molecule is CC[C@@H]1c2cc3c(C(F)(F)F)cc(=O)[nH]c3cc2NC[C@H]1C. The van der Waals surface area contributed by atoms with Gasteiger partial charge in [-0.05, 0) is 36.0 Å². The van der Waals surface area contributed by atoms with E-state index < -0.39 is 17.3 Å². The zero-order chi connectivity index (χ0) is 16.1. The van der Waals surface area contributed by atoms with Crippen molar-refractivity contribution in [2.24, 2.45) is 5.92 Å². The van der Waals surface area contributed by atoms with Crippen LogP contribution in [0.5, 0.6) is 0 Å². The van der Waals surface area contributed by atoms with Crippen LogP contribution in [0.2, 0.25) is 0 Å². The molecule has 0 fully saturated rings. The highest BCUT2D eigenvalue weighted by molar-refractivity contribution is 5.87. The molecule has 2 heterocycles. The van der Waals surface area contributed by atoms with Crippen molar-refractivity contribution in [3.8, 4) is 0 Å². The van der Waals surface area contributed by atoms with E-state index in [0.717, 1.165) is 24.2 Å². The molecule has 2 N–H and O–H groups in total. The van der Waals surface area contributed by atoms with Gasteiger partial charge in [0, 0.05) is 23.7 Å². The largest absolute Gasteiger partial charge is 0.417 e. The fourth-order valence-corrected chi connectivity index (χ4v) is 3.36. The van der Waals surface area contributed by atoms with E-state index in [1.165, 1.54) is 0 Å². The van der Waals surface area contributed by atoms with Crippen molar-refractivity contribution >= 4 is 16.6 Å². The van der Waals surface area contributed by atoms with Crippen LogP contribution >= 0.6 is 0 Å². The van der Waals surface area contributed by atoms with Crippen LogP contribution < -0.4 is 10.9 Å². The zero-order valence-corrected chi connectivity index (χ0v) is 12.3. The van der Waals surface area contributed by atoms with E-state index in [2.05, 4.69) is 17.2 Å². The lowest BCUT2D eigenvalue weighted by Crippen LogP contribution is -2.25. The molecule has 1 aromatic heterocycles. The van der Waals surface area contributed by atoms with Gasteiger partial charge in [0.15, 0.2) is 0 Å². The summed E-state index contributed by atoms with van der Waals surface area (Å²) in [6, 6.07) is 3.84. The number of aromatic nitrogens is 1. The lowest BCUT2D eigenvalue weighted by molar-refractivity contribution is -0.136. The molecule has 0 saturated heterocycles. The van der Waals surface area contributed by atoms with Gasteiger partial charge in [0.05, 0.1) is 11.1 Å². The van der Waals surface area contributed by atoms with E-state index >= 15 is 0 Å². The smallest absolute Gasteiger partial charge is 0.384 e. The Kier molecular flexibility index (Phi) is 3.42. The highest BCUT2D eigenvalue weighted by Crippen LogP contribution is 2.41. The summed E-state index contributed by atoms with van der Waals surface area (Å²) in [6.07, 6.45) is -3.68. The van der Waals surface area contributed by atoms with Gasteiger partial charge >= 0.3 is 6.18 Å². The summed E-state index contributed by atoms with van der Waals surface area (Å²) in [4.78, 5) is 14.0. The first-order chi connectivity index (χ1) is 10.3. The molecule has 2 atom stereocenters. The second-order valence-electron chi connectivity index (χ2n) is 5.90. The zero-order valence-electron chi connectivity index (χ0n) is 12.3. The van der Waals surface area contributed by atoms with Gasteiger partial charge in [0.2, 0.25) is 5.56 Å². The quantitative estimate of drug-likeness (QED) is 0.833. The number of rotatable bonds is 1. The monoisotopic (exact) mass is 310 g/mol. The Morgan fingerprint density at radius 3 is 2.64 bits per heavy atom. The number of benzene rings is 1. The maximum absolute atomic E-state index is 13.2. The molecule has 0 aliphatic carbocycles. The number of fused-ring (bicyclic) bond motifs is 2. The van der Waals surface area contributed by atoms with E-state index in [1.807, 2.05) is 6.92 Å². The molecule has 0 unspecified atom stereocenters. The van der Waals surface area contributed by atoms with Crippen molar-refractivity contribution in [2.45, 2.75) is 32.4 Å². The highest BCUT2D eigenvalue weighted by atomic mass is 19.4. The minimum Gasteiger partial charge on any atom is -0.384 e. The van der Waals surface area contributed by atoms with Crippen LogP contribution in [0.4, 0.5) is 18.9 Å². The summed E-state index contributed by atoms with van der Waals surface area (Å²) in [7, 11) is 0. The minimum atomic E-state index is -4.55. The topological polar surface area (TPSA) is 44.9 Å². The molecule has 2 aromatic rings.